The summed E-state index contributed by atoms with van der Waals surface area (Å²) in [4.78, 5) is 11.4. The average molecular weight is 291 g/mol. The summed E-state index contributed by atoms with van der Waals surface area (Å²) in [5, 5.41) is 13.6. The smallest absolute Gasteiger partial charge is 0.217 e. The predicted molar refractivity (Wildman–Crippen MR) is 82.3 cm³/mol. The van der Waals surface area contributed by atoms with E-state index in [1.165, 1.54) is 6.92 Å². The van der Waals surface area contributed by atoms with Gasteiger partial charge in [0.05, 0.1) is 18.8 Å². The van der Waals surface area contributed by atoms with Crippen molar-refractivity contribution < 1.29 is 14.6 Å². The molecular formula is C17H25NO3. The van der Waals surface area contributed by atoms with Gasteiger partial charge in [-0.3, -0.25) is 4.79 Å². The molecule has 0 radical (unpaired) electrons. The predicted octanol–water partition coefficient (Wildman–Crippen LogP) is 3.03. The zero-order valence-electron chi connectivity index (χ0n) is 13.5. The van der Waals surface area contributed by atoms with Gasteiger partial charge in [0.1, 0.15) is 5.75 Å². The van der Waals surface area contributed by atoms with Crippen LogP contribution in [0.5, 0.6) is 5.75 Å². The van der Waals surface area contributed by atoms with Crippen LogP contribution in [0.2, 0.25) is 0 Å². The average Bonchev–Trinajstić information content (AvgIpc) is 2.36. The molecule has 1 aromatic carbocycles. The molecule has 0 spiro atoms. The molecule has 2 N–H and O–H groups in total. The van der Waals surface area contributed by atoms with E-state index in [1.807, 2.05) is 39.8 Å². The maximum atomic E-state index is 11.4. The molecule has 0 fully saturated rings. The third kappa shape index (κ3) is 3.38. The van der Waals surface area contributed by atoms with E-state index in [4.69, 9.17) is 4.74 Å². The molecular weight excluding hydrogens is 266 g/mol. The highest BCUT2D eigenvalue weighted by molar-refractivity contribution is 5.73. The molecule has 0 bridgehead atoms. The Morgan fingerprint density at radius 1 is 1.43 bits per heavy atom. The van der Waals surface area contributed by atoms with Crippen LogP contribution in [0, 0.1) is 12.3 Å². The summed E-state index contributed by atoms with van der Waals surface area (Å²) in [5.74, 6) is 0.681. The van der Waals surface area contributed by atoms with Crippen LogP contribution >= 0.6 is 0 Å². The lowest BCUT2D eigenvalue weighted by molar-refractivity contribution is -0.119. The van der Waals surface area contributed by atoms with Crippen molar-refractivity contribution in [3.63, 3.8) is 0 Å². The van der Waals surface area contributed by atoms with Crippen molar-refractivity contribution in [2.75, 3.05) is 6.61 Å². The molecule has 0 aliphatic carbocycles. The standard InChI is InChI=1S/C17H25NO3/c1-10-8-12-14(18-11(2)19)6-7-21-15(12)13(9-10)16(20)17(3,4)5/h8-9,14,16,20H,6-7H2,1-5H3,(H,18,19). The number of nitrogens with one attached hydrogen (secondary N) is 1. The number of carbonyl (C=O) groups is 1. The van der Waals surface area contributed by atoms with Gasteiger partial charge in [-0.2, -0.15) is 0 Å². The minimum Gasteiger partial charge on any atom is -0.493 e. The Balaban J connectivity index is 2.50. The first-order valence-electron chi connectivity index (χ1n) is 7.42. The number of benzene rings is 1. The lowest BCUT2D eigenvalue weighted by Gasteiger charge is -2.33. The van der Waals surface area contributed by atoms with E-state index in [9.17, 15) is 9.90 Å². The molecule has 0 saturated heterocycles. The molecule has 2 atom stereocenters. The SMILES string of the molecule is CC(=O)NC1CCOc2c1cc(C)cc2C(O)C(C)(C)C. The Morgan fingerprint density at radius 3 is 2.67 bits per heavy atom. The van der Waals surface area contributed by atoms with E-state index in [2.05, 4.69) is 5.32 Å². The molecule has 1 heterocycles. The number of rotatable bonds is 2. The van der Waals surface area contributed by atoms with Crippen LogP contribution in [0.4, 0.5) is 0 Å². The van der Waals surface area contributed by atoms with Crippen LogP contribution in [-0.2, 0) is 4.79 Å². The van der Waals surface area contributed by atoms with Gasteiger partial charge in [-0.15, -0.1) is 0 Å². The maximum Gasteiger partial charge on any atom is 0.217 e. The minimum absolute atomic E-state index is 0.0444. The van der Waals surface area contributed by atoms with Crippen LogP contribution in [0.3, 0.4) is 0 Å². The van der Waals surface area contributed by atoms with Crippen LogP contribution in [0.1, 0.15) is 63.0 Å². The van der Waals surface area contributed by atoms with E-state index >= 15 is 0 Å². The molecule has 1 aliphatic heterocycles. The summed E-state index contributed by atoms with van der Waals surface area (Å²) in [7, 11) is 0. The molecule has 0 saturated carbocycles. The molecule has 116 valence electrons. The number of fused-ring (bicyclic) bond motifs is 1. The molecule has 2 unspecified atom stereocenters. The van der Waals surface area contributed by atoms with Crippen molar-refractivity contribution in [2.45, 2.75) is 53.2 Å². The maximum absolute atomic E-state index is 11.4. The first kappa shape index (κ1) is 15.8. The molecule has 1 aliphatic rings. The van der Waals surface area contributed by atoms with E-state index in [1.54, 1.807) is 0 Å². The number of carbonyl (C=O) groups excluding carboxylic acids is 1. The number of aliphatic hydroxyl groups is 1. The summed E-state index contributed by atoms with van der Waals surface area (Å²) in [5.41, 5.74) is 2.57. The molecule has 21 heavy (non-hydrogen) atoms. The van der Waals surface area contributed by atoms with Crippen LogP contribution < -0.4 is 10.1 Å². The van der Waals surface area contributed by atoms with Crippen molar-refractivity contribution in [3.05, 3.63) is 28.8 Å². The fraction of sp³-hybridized carbons (Fsp3) is 0.588. The van der Waals surface area contributed by atoms with Gasteiger partial charge in [0.25, 0.3) is 0 Å². The third-order valence-electron chi connectivity index (χ3n) is 3.81. The lowest BCUT2D eigenvalue weighted by atomic mass is 9.82. The first-order valence-corrected chi connectivity index (χ1v) is 7.42. The summed E-state index contributed by atoms with van der Waals surface area (Å²) in [6, 6.07) is 3.97. The Hall–Kier alpha value is -1.55. The van der Waals surface area contributed by atoms with Crippen molar-refractivity contribution in [3.8, 4) is 5.75 Å². The quantitative estimate of drug-likeness (QED) is 0.880. The Bertz CT molecular complexity index is 546. The number of hydrogen-bond donors (Lipinski definition) is 2. The highest BCUT2D eigenvalue weighted by Crippen LogP contribution is 2.43. The number of amides is 1. The van der Waals surface area contributed by atoms with Gasteiger partial charge in [0.2, 0.25) is 5.91 Å². The highest BCUT2D eigenvalue weighted by Gasteiger charge is 2.31. The highest BCUT2D eigenvalue weighted by atomic mass is 16.5. The normalized spacial score (nSPS) is 19.4. The fourth-order valence-electron chi connectivity index (χ4n) is 2.75. The topological polar surface area (TPSA) is 58.6 Å². The zero-order chi connectivity index (χ0) is 15.8. The summed E-state index contributed by atoms with van der Waals surface area (Å²) >= 11 is 0. The second-order valence-electron chi connectivity index (χ2n) is 6.93. The second-order valence-corrected chi connectivity index (χ2v) is 6.93. The van der Waals surface area contributed by atoms with Gasteiger partial charge < -0.3 is 15.2 Å². The zero-order valence-corrected chi connectivity index (χ0v) is 13.5. The van der Waals surface area contributed by atoms with Gasteiger partial charge in [-0.05, 0) is 18.4 Å². The van der Waals surface area contributed by atoms with Gasteiger partial charge in [-0.1, -0.05) is 32.4 Å². The first-order chi connectivity index (χ1) is 9.70. The van der Waals surface area contributed by atoms with E-state index in [0.29, 0.717) is 6.61 Å². The molecule has 4 nitrogen and oxygen atoms in total. The molecule has 4 heteroatoms. The van der Waals surface area contributed by atoms with Crippen molar-refractivity contribution in [1.29, 1.82) is 0 Å². The summed E-state index contributed by atoms with van der Waals surface area (Å²) < 4.78 is 5.83. The van der Waals surface area contributed by atoms with E-state index < -0.39 is 6.10 Å². The van der Waals surface area contributed by atoms with Gasteiger partial charge in [0, 0.05) is 24.5 Å². The molecule has 2 rings (SSSR count). The van der Waals surface area contributed by atoms with Gasteiger partial charge in [-0.25, -0.2) is 0 Å². The summed E-state index contributed by atoms with van der Waals surface area (Å²) in [6.07, 6.45) is 0.142. The number of hydrogen-bond acceptors (Lipinski definition) is 3. The number of ether oxygens (including phenoxy) is 1. The third-order valence-corrected chi connectivity index (χ3v) is 3.81. The lowest BCUT2D eigenvalue weighted by Crippen LogP contribution is -2.31. The Kier molecular flexibility index (Phi) is 4.28. The fourth-order valence-corrected chi connectivity index (χ4v) is 2.75. The molecule has 1 amide bonds. The van der Waals surface area contributed by atoms with Crippen LogP contribution in [0.15, 0.2) is 12.1 Å². The second kappa shape index (κ2) is 5.68. The number of aryl methyl sites for hydroxylation is 1. The van der Waals surface area contributed by atoms with E-state index in [-0.39, 0.29) is 17.4 Å². The summed E-state index contributed by atoms with van der Waals surface area (Å²) in [6.45, 7) is 10.1. The van der Waals surface area contributed by atoms with Crippen molar-refractivity contribution >= 4 is 5.91 Å². The molecule has 1 aromatic rings. The monoisotopic (exact) mass is 291 g/mol. The Morgan fingerprint density at radius 2 is 2.10 bits per heavy atom. The largest absolute Gasteiger partial charge is 0.493 e. The molecule has 0 aromatic heterocycles. The van der Waals surface area contributed by atoms with Crippen LogP contribution in [-0.4, -0.2) is 17.6 Å². The van der Waals surface area contributed by atoms with Gasteiger partial charge >= 0.3 is 0 Å². The van der Waals surface area contributed by atoms with E-state index in [0.717, 1.165) is 28.9 Å². The Labute approximate surface area is 126 Å². The van der Waals surface area contributed by atoms with Crippen molar-refractivity contribution in [1.82, 2.24) is 5.32 Å². The number of aliphatic hydroxyl groups excluding tert-OH is 1. The van der Waals surface area contributed by atoms with Crippen molar-refractivity contribution in [2.24, 2.45) is 5.41 Å². The van der Waals surface area contributed by atoms with Gasteiger partial charge in [0.15, 0.2) is 0 Å². The van der Waals surface area contributed by atoms with Crippen LogP contribution in [0.25, 0.3) is 0 Å². The minimum atomic E-state index is -0.609.